The lowest BCUT2D eigenvalue weighted by Crippen LogP contribution is -2.48. The standard InChI is InChI=1S/C24H18ClNO6/c25-18-6-3-16-4-7-19(26-21(16)11-18)13-32-20-8-5-15-2-1-14(9-17(15)10-20)12-24(31,22(27)28)23(29)30/h1-11,31H,12-13H2,(H,27,28)(H,29,30). The van der Waals surface area contributed by atoms with Gasteiger partial charge in [-0.2, -0.15) is 0 Å². The van der Waals surface area contributed by atoms with E-state index in [0.29, 0.717) is 16.3 Å². The Hall–Kier alpha value is -3.68. The average molecular weight is 452 g/mol. The largest absolute Gasteiger partial charge is 0.487 e. The topological polar surface area (TPSA) is 117 Å². The highest BCUT2D eigenvalue weighted by Gasteiger charge is 2.44. The molecule has 0 saturated carbocycles. The number of aliphatic hydroxyl groups is 1. The maximum atomic E-state index is 11.2. The molecule has 0 aliphatic heterocycles. The summed E-state index contributed by atoms with van der Waals surface area (Å²) >= 11 is 6.03. The van der Waals surface area contributed by atoms with E-state index in [4.69, 9.17) is 26.6 Å². The average Bonchev–Trinajstić information content (AvgIpc) is 2.76. The number of hydrogen-bond donors (Lipinski definition) is 3. The first-order valence-electron chi connectivity index (χ1n) is 9.64. The highest BCUT2D eigenvalue weighted by molar-refractivity contribution is 6.31. The third-order valence-electron chi connectivity index (χ3n) is 5.14. The quantitative estimate of drug-likeness (QED) is 0.363. The Morgan fingerprint density at radius 2 is 1.56 bits per heavy atom. The van der Waals surface area contributed by atoms with Crippen molar-refractivity contribution < 1.29 is 29.6 Å². The molecule has 162 valence electrons. The highest BCUT2D eigenvalue weighted by atomic mass is 35.5. The van der Waals surface area contributed by atoms with Gasteiger partial charge in [-0.1, -0.05) is 48.0 Å². The Morgan fingerprint density at radius 3 is 2.31 bits per heavy atom. The third-order valence-corrected chi connectivity index (χ3v) is 5.38. The van der Waals surface area contributed by atoms with Crippen LogP contribution in [-0.2, 0) is 22.6 Å². The van der Waals surface area contributed by atoms with E-state index in [0.717, 1.165) is 27.4 Å². The molecule has 0 aliphatic carbocycles. The van der Waals surface area contributed by atoms with Gasteiger partial charge in [0.25, 0.3) is 5.60 Å². The highest BCUT2D eigenvalue weighted by Crippen LogP contribution is 2.25. The van der Waals surface area contributed by atoms with E-state index in [2.05, 4.69) is 4.98 Å². The van der Waals surface area contributed by atoms with Crippen molar-refractivity contribution in [3.8, 4) is 5.75 Å². The van der Waals surface area contributed by atoms with Crippen LogP contribution in [0.5, 0.6) is 5.75 Å². The van der Waals surface area contributed by atoms with E-state index in [1.807, 2.05) is 24.3 Å². The van der Waals surface area contributed by atoms with Crippen molar-refractivity contribution in [3.63, 3.8) is 0 Å². The summed E-state index contributed by atoms with van der Waals surface area (Å²) in [5, 5.41) is 31.4. The van der Waals surface area contributed by atoms with Gasteiger partial charge >= 0.3 is 11.9 Å². The number of fused-ring (bicyclic) bond motifs is 2. The summed E-state index contributed by atoms with van der Waals surface area (Å²) in [4.78, 5) is 27.0. The first kappa shape index (κ1) is 21.5. The van der Waals surface area contributed by atoms with Gasteiger partial charge in [0.2, 0.25) is 0 Å². The summed E-state index contributed by atoms with van der Waals surface area (Å²) < 4.78 is 5.86. The van der Waals surface area contributed by atoms with E-state index in [1.165, 1.54) is 0 Å². The van der Waals surface area contributed by atoms with E-state index in [9.17, 15) is 14.7 Å². The lowest BCUT2D eigenvalue weighted by Gasteiger charge is -2.18. The van der Waals surface area contributed by atoms with Crippen molar-refractivity contribution in [1.82, 2.24) is 4.98 Å². The molecule has 0 atom stereocenters. The van der Waals surface area contributed by atoms with Gasteiger partial charge < -0.3 is 20.1 Å². The van der Waals surface area contributed by atoms with Gasteiger partial charge in [-0.15, -0.1) is 0 Å². The number of rotatable bonds is 7. The number of halogens is 1. The molecule has 4 rings (SSSR count). The minimum Gasteiger partial charge on any atom is -0.487 e. The minimum absolute atomic E-state index is 0.228. The number of carboxylic acid groups (broad SMARTS) is 2. The number of carbonyl (C=O) groups is 2. The smallest absolute Gasteiger partial charge is 0.347 e. The zero-order valence-electron chi connectivity index (χ0n) is 16.7. The Labute approximate surface area is 187 Å². The molecule has 32 heavy (non-hydrogen) atoms. The Balaban J connectivity index is 1.55. The van der Waals surface area contributed by atoms with Gasteiger partial charge in [-0.05, 0) is 46.7 Å². The third kappa shape index (κ3) is 4.34. The summed E-state index contributed by atoms with van der Waals surface area (Å²) in [6.45, 7) is 0.228. The van der Waals surface area contributed by atoms with Crippen molar-refractivity contribution in [1.29, 1.82) is 0 Å². The lowest BCUT2D eigenvalue weighted by molar-refractivity contribution is -0.175. The Bertz CT molecular complexity index is 1340. The van der Waals surface area contributed by atoms with Crippen LogP contribution in [0.4, 0.5) is 0 Å². The molecule has 0 radical (unpaired) electrons. The number of carboxylic acids is 2. The first-order valence-corrected chi connectivity index (χ1v) is 10.0. The zero-order valence-corrected chi connectivity index (χ0v) is 17.4. The van der Waals surface area contributed by atoms with Gasteiger partial charge in [-0.3, -0.25) is 0 Å². The zero-order chi connectivity index (χ0) is 22.9. The Morgan fingerprint density at radius 1 is 0.875 bits per heavy atom. The van der Waals surface area contributed by atoms with Gasteiger partial charge in [0.1, 0.15) is 12.4 Å². The molecule has 4 aromatic rings. The fraction of sp³-hybridized carbons (Fsp3) is 0.125. The van der Waals surface area contributed by atoms with E-state index >= 15 is 0 Å². The summed E-state index contributed by atoms with van der Waals surface area (Å²) in [6.07, 6.45) is -0.567. The summed E-state index contributed by atoms with van der Waals surface area (Å²) in [7, 11) is 0. The van der Waals surface area contributed by atoms with Crippen LogP contribution in [0.15, 0.2) is 66.7 Å². The molecule has 0 aliphatic rings. The molecule has 1 heterocycles. The minimum atomic E-state index is -2.90. The fourth-order valence-electron chi connectivity index (χ4n) is 3.38. The van der Waals surface area contributed by atoms with Gasteiger partial charge in [0.05, 0.1) is 11.2 Å². The van der Waals surface area contributed by atoms with E-state index < -0.39 is 24.0 Å². The van der Waals surface area contributed by atoms with Crippen LogP contribution in [0.3, 0.4) is 0 Å². The molecule has 7 nitrogen and oxygen atoms in total. The summed E-state index contributed by atoms with van der Waals surface area (Å²) in [5.41, 5.74) is -1.03. The molecule has 0 spiro atoms. The molecule has 0 fully saturated rings. The molecule has 0 amide bonds. The molecule has 0 saturated heterocycles. The second-order valence-corrected chi connectivity index (χ2v) is 7.86. The predicted octanol–water partition coefficient (Wildman–Crippen LogP) is 4.06. The van der Waals surface area contributed by atoms with Gasteiger partial charge in [0, 0.05) is 16.8 Å². The van der Waals surface area contributed by atoms with Crippen molar-refractivity contribution in [3.05, 3.63) is 83.0 Å². The Kier molecular flexibility index (Phi) is 5.69. The van der Waals surface area contributed by atoms with Crippen LogP contribution < -0.4 is 4.74 Å². The molecule has 0 bridgehead atoms. The van der Waals surface area contributed by atoms with Gasteiger partial charge in [0.15, 0.2) is 0 Å². The maximum Gasteiger partial charge on any atom is 0.347 e. The molecule has 3 aromatic carbocycles. The van der Waals surface area contributed by atoms with Crippen LogP contribution in [0.2, 0.25) is 5.02 Å². The molecular formula is C24H18ClNO6. The molecular weight excluding hydrogens is 434 g/mol. The summed E-state index contributed by atoms with van der Waals surface area (Å²) in [5.74, 6) is -3.06. The van der Waals surface area contributed by atoms with Crippen LogP contribution >= 0.6 is 11.6 Å². The lowest BCUT2D eigenvalue weighted by atomic mass is 9.93. The maximum absolute atomic E-state index is 11.2. The second kappa shape index (κ2) is 8.45. The van der Waals surface area contributed by atoms with Crippen LogP contribution in [-0.4, -0.2) is 37.8 Å². The number of nitrogens with zero attached hydrogens (tertiary/aromatic N) is 1. The second-order valence-electron chi connectivity index (χ2n) is 7.42. The van der Waals surface area contributed by atoms with Crippen LogP contribution in [0.1, 0.15) is 11.3 Å². The van der Waals surface area contributed by atoms with Crippen LogP contribution in [0, 0.1) is 0 Å². The number of ether oxygens (including phenoxy) is 1. The first-order chi connectivity index (χ1) is 15.2. The van der Waals surface area contributed by atoms with Crippen molar-refractivity contribution in [2.75, 3.05) is 0 Å². The van der Waals surface area contributed by atoms with E-state index in [-0.39, 0.29) is 6.61 Å². The predicted molar refractivity (Wildman–Crippen MR) is 119 cm³/mol. The number of benzene rings is 3. The van der Waals surface area contributed by atoms with E-state index in [1.54, 1.807) is 42.5 Å². The normalized spacial score (nSPS) is 11.6. The van der Waals surface area contributed by atoms with Crippen molar-refractivity contribution >= 4 is 45.2 Å². The SMILES string of the molecule is O=C(O)C(O)(Cc1ccc2ccc(OCc3ccc4ccc(Cl)cc4n3)cc2c1)C(=O)O. The molecule has 8 heteroatoms. The molecule has 1 aromatic heterocycles. The van der Waals surface area contributed by atoms with Crippen molar-refractivity contribution in [2.45, 2.75) is 18.6 Å². The monoisotopic (exact) mass is 451 g/mol. The fourth-order valence-corrected chi connectivity index (χ4v) is 3.55. The molecule has 0 unspecified atom stereocenters. The van der Waals surface area contributed by atoms with Gasteiger partial charge in [-0.25, -0.2) is 14.6 Å². The number of aliphatic carboxylic acids is 2. The number of aromatic nitrogens is 1. The van der Waals surface area contributed by atoms with Crippen molar-refractivity contribution in [2.24, 2.45) is 0 Å². The number of hydrogen-bond acceptors (Lipinski definition) is 5. The summed E-state index contributed by atoms with van der Waals surface area (Å²) in [6, 6.07) is 19.6. The van der Waals surface area contributed by atoms with Crippen LogP contribution in [0.25, 0.3) is 21.7 Å². The molecule has 3 N–H and O–H groups in total. The number of pyridine rings is 1.